The highest BCUT2D eigenvalue weighted by molar-refractivity contribution is 5.95. The number of benzene rings is 1. The Morgan fingerprint density at radius 3 is 2.55 bits per heavy atom. The maximum Gasteiger partial charge on any atom is 0.268 e. The van der Waals surface area contributed by atoms with Crippen molar-refractivity contribution in [2.24, 2.45) is 0 Å². The van der Waals surface area contributed by atoms with E-state index in [1.165, 1.54) is 22.4 Å². The summed E-state index contributed by atoms with van der Waals surface area (Å²) in [6.45, 7) is 9.10. The van der Waals surface area contributed by atoms with Gasteiger partial charge in [0.25, 0.3) is 5.91 Å². The second-order valence-electron chi connectivity index (χ2n) is 6.51. The van der Waals surface area contributed by atoms with Crippen LogP contribution in [0.1, 0.15) is 51.3 Å². The molecule has 116 valence electrons. The number of hydrogen-bond donors (Lipinski definition) is 1. The zero-order valence-electron chi connectivity index (χ0n) is 13.9. The molecule has 1 fully saturated rings. The predicted molar refractivity (Wildman–Crippen MR) is 89.4 cm³/mol. The molecule has 1 N–H and O–H groups in total. The highest BCUT2D eigenvalue weighted by atomic mass is 16.2. The molecule has 0 atom stereocenters. The molecule has 3 nitrogen and oxygen atoms in total. The van der Waals surface area contributed by atoms with Gasteiger partial charge in [-0.15, -0.1) is 0 Å². The smallest absolute Gasteiger partial charge is 0.268 e. The molecule has 3 rings (SSSR count). The van der Waals surface area contributed by atoms with E-state index in [0.717, 1.165) is 30.6 Å². The van der Waals surface area contributed by atoms with Crippen molar-refractivity contribution in [2.45, 2.75) is 53.1 Å². The van der Waals surface area contributed by atoms with Gasteiger partial charge in [-0.3, -0.25) is 4.79 Å². The molecule has 1 saturated carbocycles. The van der Waals surface area contributed by atoms with Gasteiger partial charge in [-0.05, 0) is 57.2 Å². The molecular formula is C19H24N2O. The van der Waals surface area contributed by atoms with E-state index in [1.54, 1.807) is 0 Å². The molecule has 0 unspecified atom stereocenters. The van der Waals surface area contributed by atoms with E-state index in [1.807, 2.05) is 0 Å². The van der Waals surface area contributed by atoms with Crippen molar-refractivity contribution in [1.29, 1.82) is 0 Å². The Bertz CT molecular complexity index is 723. The summed E-state index contributed by atoms with van der Waals surface area (Å²) in [6, 6.07) is 8.87. The minimum absolute atomic E-state index is 0.0730. The van der Waals surface area contributed by atoms with Crippen LogP contribution in [0.3, 0.4) is 0 Å². The van der Waals surface area contributed by atoms with Gasteiger partial charge in [-0.1, -0.05) is 29.8 Å². The number of aromatic nitrogens is 1. The first-order valence-corrected chi connectivity index (χ1v) is 8.00. The van der Waals surface area contributed by atoms with Crippen LogP contribution in [0.2, 0.25) is 0 Å². The molecule has 1 aliphatic rings. The molecule has 1 aliphatic carbocycles. The quantitative estimate of drug-likeness (QED) is 0.918. The summed E-state index contributed by atoms with van der Waals surface area (Å²) in [5, 5.41) is 3.13. The minimum atomic E-state index is 0.0730. The van der Waals surface area contributed by atoms with Crippen LogP contribution in [0.5, 0.6) is 0 Å². The summed E-state index contributed by atoms with van der Waals surface area (Å²) in [5.74, 6) is 0.0730. The Morgan fingerprint density at radius 1 is 1.18 bits per heavy atom. The lowest BCUT2D eigenvalue weighted by Crippen LogP contribution is -2.28. The van der Waals surface area contributed by atoms with Crippen LogP contribution in [-0.4, -0.2) is 16.5 Å². The van der Waals surface area contributed by atoms with Crippen molar-refractivity contribution >= 4 is 5.91 Å². The van der Waals surface area contributed by atoms with Crippen LogP contribution < -0.4 is 5.32 Å². The average Bonchev–Trinajstić information content (AvgIpc) is 3.25. The Kier molecular flexibility index (Phi) is 3.81. The topological polar surface area (TPSA) is 34.0 Å². The molecular weight excluding hydrogens is 272 g/mol. The van der Waals surface area contributed by atoms with Crippen molar-refractivity contribution in [3.05, 3.63) is 57.9 Å². The average molecular weight is 296 g/mol. The number of carbonyl (C=O) groups is 1. The van der Waals surface area contributed by atoms with Gasteiger partial charge in [0.05, 0.1) is 0 Å². The molecule has 0 bridgehead atoms. The van der Waals surface area contributed by atoms with Crippen molar-refractivity contribution < 1.29 is 4.79 Å². The summed E-state index contributed by atoms with van der Waals surface area (Å²) in [6.07, 6.45) is 2.22. The third-order valence-corrected chi connectivity index (χ3v) is 4.69. The fourth-order valence-corrected chi connectivity index (χ4v) is 2.99. The van der Waals surface area contributed by atoms with Gasteiger partial charge in [0.2, 0.25) is 0 Å². The van der Waals surface area contributed by atoms with E-state index in [0.29, 0.717) is 6.04 Å². The fourth-order valence-electron chi connectivity index (χ4n) is 2.99. The fraction of sp³-hybridized carbons (Fsp3) is 0.421. The molecule has 0 aliphatic heterocycles. The van der Waals surface area contributed by atoms with Gasteiger partial charge in [0.15, 0.2) is 0 Å². The molecule has 1 aromatic heterocycles. The summed E-state index contributed by atoms with van der Waals surface area (Å²) < 4.78 is 2.16. The Balaban J connectivity index is 1.98. The van der Waals surface area contributed by atoms with Crippen LogP contribution in [0, 0.1) is 27.7 Å². The zero-order valence-corrected chi connectivity index (χ0v) is 13.9. The van der Waals surface area contributed by atoms with E-state index in [-0.39, 0.29) is 5.91 Å². The van der Waals surface area contributed by atoms with Crippen molar-refractivity contribution in [1.82, 2.24) is 9.88 Å². The summed E-state index contributed by atoms with van der Waals surface area (Å²) in [7, 11) is 0. The molecule has 0 saturated heterocycles. The maximum absolute atomic E-state index is 12.6. The Hall–Kier alpha value is -2.03. The lowest BCUT2D eigenvalue weighted by molar-refractivity contribution is 0.0941. The summed E-state index contributed by atoms with van der Waals surface area (Å²) in [5.41, 5.74) is 6.80. The van der Waals surface area contributed by atoms with Gasteiger partial charge in [-0.25, -0.2) is 0 Å². The number of carbonyl (C=O) groups excluding carboxylic acids is 1. The number of rotatable bonds is 4. The van der Waals surface area contributed by atoms with Crippen LogP contribution in [0.15, 0.2) is 24.3 Å². The second kappa shape index (κ2) is 5.64. The van der Waals surface area contributed by atoms with Gasteiger partial charge < -0.3 is 9.88 Å². The van der Waals surface area contributed by atoms with E-state index in [2.05, 4.69) is 61.8 Å². The molecule has 1 aromatic carbocycles. The molecule has 2 aromatic rings. The van der Waals surface area contributed by atoms with Crippen molar-refractivity contribution in [2.75, 3.05) is 0 Å². The summed E-state index contributed by atoms with van der Waals surface area (Å²) in [4.78, 5) is 12.6. The van der Waals surface area contributed by atoms with Gasteiger partial charge in [-0.2, -0.15) is 0 Å². The number of aryl methyl sites for hydroxylation is 1. The standard InChI is InChI=1S/C19H24N2O/c1-12-6-5-7-16(10-12)11-21-15(4)13(2)14(3)18(21)19(22)20-17-8-9-17/h5-7,10,17H,8-9,11H2,1-4H3,(H,20,22). The van der Waals surface area contributed by atoms with E-state index in [4.69, 9.17) is 0 Å². The molecule has 22 heavy (non-hydrogen) atoms. The number of hydrogen-bond acceptors (Lipinski definition) is 1. The lowest BCUT2D eigenvalue weighted by Gasteiger charge is -2.13. The van der Waals surface area contributed by atoms with Gasteiger partial charge in [0, 0.05) is 18.3 Å². The Labute approximate surface area is 132 Å². The monoisotopic (exact) mass is 296 g/mol. The van der Waals surface area contributed by atoms with E-state index >= 15 is 0 Å². The number of nitrogens with one attached hydrogen (secondary N) is 1. The normalized spacial score (nSPS) is 14.2. The van der Waals surface area contributed by atoms with Crippen molar-refractivity contribution in [3.63, 3.8) is 0 Å². The van der Waals surface area contributed by atoms with Crippen LogP contribution in [-0.2, 0) is 6.54 Å². The first-order valence-electron chi connectivity index (χ1n) is 8.00. The van der Waals surface area contributed by atoms with Gasteiger partial charge in [0.1, 0.15) is 5.69 Å². The number of amides is 1. The second-order valence-corrected chi connectivity index (χ2v) is 6.51. The zero-order chi connectivity index (χ0) is 15.9. The van der Waals surface area contributed by atoms with Crippen LogP contribution >= 0.6 is 0 Å². The Morgan fingerprint density at radius 2 is 1.91 bits per heavy atom. The first kappa shape index (κ1) is 14.9. The largest absolute Gasteiger partial charge is 0.348 e. The molecule has 0 radical (unpaired) electrons. The molecule has 3 heteroatoms. The maximum atomic E-state index is 12.6. The molecule has 1 heterocycles. The predicted octanol–water partition coefficient (Wildman–Crippen LogP) is 3.66. The van der Waals surface area contributed by atoms with Crippen molar-refractivity contribution in [3.8, 4) is 0 Å². The minimum Gasteiger partial charge on any atom is -0.348 e. The SMILES string of the molecule is Cc1cccc(Cn2c(C)c(C)c(C)c2C(=O)NC2CC2)c1. The highest BCUT2D eigenvalue weighted by Gasteiger charge is 2.27. The molecule has 0 spiro atoms. The van der Waals surface area contributed by atoms with Gasteiger partial charge >= 0.3 is 0 Å². The van der Waals surface area contributed by atoms with Crippen LogP contribution in [0.25, 0.3) is 0 Å². The molecule has 1 amide bonds. The third kappa shape index (κ3) is 2.80. The lowest BCUT2D eigenvalue weighted by atomic mass is 10.1. The first-order chi connectivity index (χ1) is 10.5. The number of nitrogens with zero attached hydrogens (tertiary/aromatic N) is 1. The highest BCUT2D eigenvalue weighted by Crippen LogP contribution is 2.25. The third-order valence-electron chi connectivity index (χ3n) is 4.69. The summed E-state index contributed by atoms with van der Waals surface area (Å²) >= 11 is 0. The van der Waals surface area contributed by atoms with E-state index < -0.39 is 0 Å². The van der Waals surface area contributed by atoms with Crippen LogP contribution in [0.4, 0.5) is 0 Å². The van der Waals surface area contributed by atoms with E-state index in [9.17, 15) is 4.79 Å².